The standard InChI is InChI=1S/C9H8F2O2/c10-8(6-12)9(11,13-8)7-4-2-1-3-5-7/h1-5,12H,6H2/t8-,9-/m0/s1. The molecule has 1 N–H and O–H groups in total. The van der Waals surface area contributed by atoms with Crippen LogP contribution in [0.5, 0.6) is 0 Å². The van der Waals surface area contributed by atoms with Gasteiger partial charge in [-0.2, -0.15) is 4.39 Å². The van der Waals surface area contributed by atoms with E-state index in [1.165, 1.54) is 12.1 Å². The molecule has 2 nitrogen and oxygen atoms in total. The summed E-state index contributed by atoms with van der Waals surface area (Å²) in [5, 5.41) is 8.52. The van der Waals surface area contributed by atoms with Crippen molar-refractivity contribution < 1.29 is 18.6 Å². The van der Waals surface area contributed by atoms with Crippen LogP contribution in [0.1, 0.15) is 5.56 Å². The summed E-state index contributed by atoms with van der Waals surface area (Å²) in [7, 11) is 0. The molecule has 0 unspecified atom stereocenters. The first kappa shape index (κ1) is 8.59. The van der Waals surface area contributed by atoms with E-state index >= 15 is 0 Å². The zero-order chi connectivity index (χ0) is 9.53. The van der Waals surface area contributed by atoms with Gasteiger partial charge in [-0.25, -0.2) is 4.39 Å². The van der Waals surface area contributed by atoms with Crippen molar-refractivity contribution in [2.45, 2.75) is 11.7 Å². The number of aliphatic hydroxyl groups excluding tert-OH is 1. The molecule has 0 bridgehead atoms. The average molecular weight is 186 g/mol. The third-order valence-corrected chi connectivity index (χ3v) is 2.09. The second-order valence-corrected chi connectivity index (χ2v) is 2.95. The maximum absolute atomic E-state index is 13.5. The van der Waals surface area contributed by atoms with E-state index in [0.29, 0.717) is 0 Å². The minimum absolute atomic E-state index is 0.0894. The molecule has 0 saturated carbocycles. The Balaban J connectivity index is 2.30. The lowest BCUT2D eigenvalue weighted by molar-refractivity contribution is 0.0646. The topological polar surface area (TPSA) is 32.8 Å². The molecule has 1 aliphatic heterocycles. The fraction of sp³-hybridized carbons (Fsp3) is 0.333. The highest BCUT2D eigenvalue weighted by atomic mass is 19.2. The van der Waals surface area contributed by atoms with Gasteiger partial charge in [0.15, 0.2) is 0 Å². The first-order valence-corrected chi connectivity index (χ1v) is 3.87. The molecule has 1 aromatic rings. The number of ether oxygens (including phenoxy) is 1. The fourth-order valence-corrected chi connectivity index (χ4v) is 1.26. The van der Waals surface area contributed by atoms with Crippen molar-refractivity contribution in [2.75, 3.05) is 6.61 Å². The highest BCUT2D eigenvalue weighted by Gasteiger charge is 2.75. The zero-order valence-corrected chi connectivity index (χ0v) is 6.71. The molecule has 4 heteroatoms. The van der Waals surface area contributed by atoms with E-state index < -0.39 is 18.3 Å². The van der Waals surface area contributed by atoms with Gasteiger partial charge in [0.1, 0.15) is 6.61 Å². The molecule has 13 heavy (non-hydrogen) atoms. The van der Waals surface area contributed by atoms with Crippen molar-refractivity contribution in [1.29, 1.82) is 0 Å². The van der Waals surface area contributed by atoms with E-state index in [1.807, 2.05) is 0 Å². The summed E-state index contributed by atoms with van der Waals surface area (Å²) in [6.45, 7) is -0.974. The molecule has 0 spiro atoms. The molecular formula is C9H8F2O2. The molecule has 1 aromatic carbocycles. The van der Waals surface area contributed by atoms with Gasteiger partial charge in [0, 0.05) is 5.56 Å². The van der Waals surface area contributed by atoms with Crippen molar-refractivity contribution in [1.82, 2.24) is 0 Å². The van der Waals surface area contributed by atoms with E-state index in [2.05, 4.69) is 4.74 Å². The molecule has 1 aliphatic rings. The summed E-state index contributed by atoms with van der Waals surface area (Å²) in [4.78, 5) is 0. The Morgan fingerprint density at radius 3 is 2.31 bits per heavy atom. The van der Waals surface area contributed by atoms with Crippen molar-refractivity contribution in [3.63, 3.8) is 0 Å². The lowest BCUT2D eigenvalue weighted by Gasteiger charge is -2.03. The van der Waals surface area contributed by atoms with Crippen LogP contribution in [-0.4, -0.2) is 17.6 Å². The number of alkyl halides is 2. The zero-order valence-electron chi connectivity index (χ0n) is 6.71. The Labute approximate surface area is 73.8 Å². The van der Waals surface area contributed by atoms with E-state index in [-0.39, 0.29) is 5.56 Å². The van der Waals surface area contributed by atoms with Crippen LogP contribution in [-0.2, 0) is 10.6 Å². The Morgan fingerprint density at radius 2 is 1.85 bits per heavy atom. The highest BCUT2D eigenvalue weighted by Crippen LogP contribution is 2.57. The van der Waals surface area contributed by atoms with Gasteiger partial charge >= 0.3 is 0 Å². The average Bonchev–Trinajstić information content (AvgIpc) is 2.74. The second kappa shape index (κ2) is 2.49. The van der Waals surface area contributed by atoms with Gasteiger partial charge in [-0.15, -0.1) is 0 Å². The largest absolute Gasteiger partial charge is 0.390 e. The molecule has 0 aliphatic carbocycles. The number of rotatable bonds is 2. The first-order valence-electron chi connectivity index (χ1n) is 3.87. The molecule has 0 aromatic heterocycles. The number of halogens is 2. The molecular weight excluding hydrogens is 178 g/mol. The van der Waals surface area contributed by atoms with Gasteiger partial charge in [0.25, 0.3) is 11.7 Å². The summed E-state index contributed by atoms with van der Waals surface area (Å²) < 4.78 is 30.9. The molecule has 1 fully saturated rings. The predicted molar refractivity (Wildman–Crippen MR) is 41.2 cm³/mol. The van der Waals surface area contributed by atoms with Crippen LogP contribution in [0.25, 0.3) is 0 Å². The normalized spacial score (nSPS) is 37.5. The summed E-state index contributed by atoms with van der Waals surface area (Å²) >= 11 is 0. The fourth-order valence-electron chi connectivity index (χ4n) is 1.26. The quantitative estimate of drug-likeness (QED) is 0.710. The van der Waals surface area contributed by atoms with Crippen LogP contribution in [0.3, 0.4) is 0 Å². The Hall–Kier alpha value is -1.00. The molecule has 1 heterocycles. The van der Waals surface area contributed by atoms with Gasteiger partial charge in [0.2, 0.25) is 0 Å². The van der Waals surface area contributed by atoms with E-state index in [9.17, 15) is 8.78 Å². The van der Waals surface area contributed by atoms with Crippen LogP contribution in [0.2, 0.25) is 0 Å². The van der Waals surface area contributed by atoms with Crippen LogP contribution < -0.4 is 0 Å². The van der Waals surface area contributed by atoms with Gasteiger partial charge in [-0.1, -0.05) is 30.3 Å². The monoisotopic (exact) mass is 186 g/mol. The summed E-state index contributed by atoms with van der Waals surface area (Å²) in [5.41, 5.74) is 0.0894. The van der Waals surface area contributed by atoms with Crippen molar-refractivity contribution >= 4 is 0 Å². The Bertz CT molecular complexity index is 317. The summed E-state index contributed by atoms with van der Waals surface area (Å²) in [6, 6.07) is 7.67. The highest BCUT2D eigenvalue weighted by molar-refractivity contribution is 5.28. The van der Waals surface area contributed by atoms with Gasteiger partial charge in [-0.3, -0.25) is 4.74 Å². The second-order valence-electron chi connectivity index (χ2n) is 2.95. The third-order valence-electron chi connectivity index (χ3n) is 2.09. The van der Waals surface area contributed by atoms with Gasteiger partial charge < -0.3 is 5.11 Å². The number of epoxide rings is 1. The lowest BCUT2D eigenvalue weighted by atomic mass is 10.1. The van der Waals surface area contributed by atoms with Gasteiger partial charge in [0.05, 0.1) is 0 Å². The van der Waals surface area contributed by atoms with Crippen molar-refractivity contribution in [2.24, 2.45) is 0 Å². The predicted octanol–water partition coefficient (Wildman–Crippen LogP) is 1.50. The lowest BCUT2D eigenvalue weighted by Crippen LogP contribution is -2.19. The number of aliphatic hydroxyl groups is 1. The number of benzene rings is 1. The maximum atomic E-state index is 13.5. The molecule has 70 valence electrons. The van der Waals surface area contributed by atoms with Crippen LogP contribution in [0, 0.1) is 0 Å². The molecule has 1 saturated heterocycles. The van der Waals surface area contributed by atoms with E-state index in [4.69, 9.17) is 5.11 Å². The number of hydrogen-bond donors (Lipinski definition) is 1. The van der Waals surface area contributed by atoms with Crippen molar-refractivity contribution in [3.05, 3.63) is 35.9 Å². The molecule has 2 rings (SSSR count). The van der Waals surface area contributed by atoms with Crippen LogP contribution in [0.15, 0.2) is 30.3 Å². The Kier molecular flexibility index (Phi) is 1.65. The maximum Gasteiger partial charge on any atom is 0.300 e. The SMILES string of the molecule is OC[C@]1(F)O[C@@]1(F)c1ccccc1. The summed E-state index contributed by atoms with van der Waals surface area (Å²) in [5.74, 6) is -5.03. The summed E-state index contributed by atoms with van der Waals surface area (Å²) in [6.07, 6.45) is 0. The van der Waals surface area contributed by atoms with E-state index in [0.717, 1.165) is 0 Å². The van der Waals surface area contributed by atoms with Crippen LogP contribution >= 0.6 is 0 Å². The van der Waals surface area contributed by atoms with Crippen molar-refractivity contribution in [3.8, 4) is 0 Å². The minimum Gasteiger partial charge on any atom is -0.390 e. The van der Waals surface area contributed by atoms with Gasteiger partial charge in [-0.05, 0) is 0 Å². The van der Waals surface area contributed by atoms with Crippen LogP contribution in [0.4, 0.5) is 8.78 Å². The number of hydrogen-bond acceptors (Lipinski definition) is 2. The first-order chi connectivity index (χ1) is 6.12. The van der Waals surface area contributed by atoms with E-state index in [1.54, 1.807) is 18.2 Å². The minimum atomic E-state index is -2.56. The molecule has 0 radical (unpaired) electrons. The smallest absolute Gasteiger partial charge is 0.300 e. The Morgan fingerprint density at radius 1 is 1.23 bits per heavy atom. The molecule has 2 atom stereocenters. The third kappa shape index (κ3) is 1.06. The molecule has 0 amide bonds.